The van der Waals surface area contributed by atoms with Crippen molar-refractivity contribution in [1.29, 1.82) is 0 Å². The lowest BCUT2D eigenvalue weighted by Crippen LogP contribution is -2.44. The zero-order valence-electron chi connectivity index (χ0n) is 11.6. The van der Waals surface area contributed by atoms with Gasteiger partial charge in [-0.25, -0.2) is 0 Å². The molecule has 3 nitrogen and oxygen atoms in total. The van der Waals surface area contributed by atoms with Crippen LogP contribution in [0.2, 0.25) is 0 Å². The van der Waals surface area contributed by atoms with Gasteiger partial charge in [0.05, 0.1) is 0 Å². The second-order valence-electron chi connectivity index (χ2n) is 5.27. The maximum Gasteiger partial charge on any atom is 0.0344 e. The Balaban J connectivity index is 1.95. The van der Waals surface area contributed by atoms with E-state index in [9.17, 15) is 0 Å². The summed E-state index contributed by atoms with van der Waals surface area (Å²) >= 11 is 0. The van der Waals surface area contributed by atoms with Gasteiger partial charge >= 0.3 is 0 Å². The fraction of sp³-hybridized carbons (Fsp3) is 0.600. The van der Waals surface area contributed by atoms with Gasteiger partial charge in [-0.05, 0) is 39.2 Å². The summed E-state index contributed by atoms with van der Waals surface area (Å²) in [5.41, 5.74) is 1.42. The molecule has 0 saturated carbocycles. The van der Waals surface area contributed by atoms with E-state index in [1.54, 1.807) is 0 Å². The van der Waals surface area contributed by atoms with E-state index in [2.05, 4.69) is 52.5 Å². The molecule has 0 aromatic heterocycles. The Kier molecular flexibility index (Phi) is 5.17. The maximum atomic E-state index is 3.31. The van der Waals surface area contributed by atoms with E-state index in [4.69, 9.17) is 0 Å². The molecular weight excluding hydrogens is 222 g/mol. The summed E-state index contributed by atoms with van der Waals surface area (Å²) in [6, 6.07) is 11.4. The van der Waals surface area contributed by atoms with Crippen LogP contribution in [0.5, 0.6) is 0 Å². The monoisotopic (exact) mass is 247 g/mol. The minimum atomic E-state index is 0.626. The number of nitrogens with one attached hydrogen (secondary N) is 1. The molecule has 1 unspecified atom stereocenters. The van der Waals surface area contributed by atoms with Crippen LogP contribution in [0.1, 0.15) is 12.0 Å². The fourth-order valence-electron chi connectivity index (χ4n) is 2.70. The third kappa shape index (κ3) is 3.80. The predicted octanol–water partition coefficient (Wildman–Crippen LogP) is 1.41. The third-order valence-corrected chi connectivity index (χ3v) is 3.77. The lowest BCUT2D eigenvalue weighted by molar-refractivity contribution is 0.201. The predicted molar refractivity (Wildman–Crippen MR) is 76.7 cm³/mol. The molecule has 0 radical (unpaired) electrons. The number of nitrogens with zero attached hydrogens (tertiary/aromatic N) is 2. The average Bonchev–Trinajstić information content (AvgIpc) is 2.54. The number of hydrogen-bond acceptors (Lipinski definition) is 3. The summed E-state index contributed by atoms with van der Waals surface area (Å²) in [7, 11) is 4.29. The molecule has 1 saturated heterocycles. The van der Waals surface area contributed by atoms with Crippen molar-refractivity contribution in [1.82, 2.24) is 15.1 Å². The Morgan fingerprint density at radius 1 is 1.22 bits per heavy atom. The summed E-state index contributed by atoms with van der Waals surface area (Å²) in [4.78, 5) is 5.07. The van der Waals surface area contributed by atoms with E-state index in [1.165, 1.54) is 25.1 Å². The van der Waals surface area contributed by atoms with Crippen molar-refractivity contribution in [2.45, 2.75) is 19.0 Å². The molecule has 1 atom stereocenters. The van der Waals surface area contributed by atoms with Crippen LogP contribution >= 0.6 is 0 Å². The highest BCUT2D eigenvalue weighted by molar-refractivity contribution is 5.14. The largest absolute Gasteiger partial charge is 0.318 e. The highest BCUT2D eigenvalue weighted by Gasteiger charge is 2.21. The molecule has 0 spiro atoms. The van der Waals surface area contributed by atoms with Gasteiger partial charge in [-0.3, -0.25) is 4.90 Å². The van der Waals surface area contributed by atoms with Crippen molar-refractivity contribution >= 4 is 0 Å². The van der Waals surface area contributed by atoms with Gasteiger partial charge in [-0.1, -0.05) is 30.3 Å². The van der Waals surface area contributed by atoms with Crippen LogP contribution in [0.25, 0.3) is 0 Å². The maximum absolute atomic E-state index is 3.31. The fourth-order valence-corrected chi connectivity index (χ4v) is 2.70. The van der Waals surface area contributed by atoms with Crippen LogP contribution < -0.4 is 5.32 Å². The van der Waals surface area contributed by atoms with Crippen molar-refractivity contribution in [2.75, 3.05) is 40.3 Å². The Morgan fingerprint density at radius 2 is 2.00 bits per heavy atom. The lowest BCUT2D eigenvalue weighted by Gasteiger charge is -2.28. The highest BCUT2D eigenvalue weighted by Crippen LogP contribution is 2.11. The molecule has 1 aromatic rings. The molecule has 0 bridgehead atoms. The summed E-state index contributed by atoms with van der Waals surface area (Å²) in [6.45, 7) is 5.72. The van der Waals surface area contributed by atoms with E-state index in [1.807, 2.05) is 7.05 Å². The number of likely N-dealkylation sites (N-methyl/N-ethyl adjacent to an activating group) is 2. The third-order valence-electron chi connectivity index (χ3n) is 3.77. The number of hydrogen-bond donors (Lipinski definition) is 1. The molecule has 1 fully saturated rings. The molecule has 1 aromatic carbocycles. The van der Waals surface area contributed by atoms with Crippen LogP contribution in [-0.4, -0.2) is 56.1 Å². The Hall–Kier alpha value is -0.900. The number of rotatable bonds is 4. The summed E-state index contributed by atoms with van der Waals surface area (Å²) < 4.78 is 0. The Labute approximate surface area is 111 Å². The SMILES string of the molecule is CNCC1CN(Cc2ccccc2)CCCN1C. The van der Waals surface area contributed by atoms with Gasteiger partial charge in [0, 0.05) is 25.7 Å². The molecule has 18 heavy (non-hydrogen) atoms. The average molecular weight is 247 g/mol. The summed E-state index contributed by atoms with van der Waals surface area (Å²) in [5.74, 6) is 0. The molecule has 1 N–H and O–H groups in total. The first-order valence-corrected chi connectivity index (χ1v) is 6.90. The van der Waals surface area contributed by atoms with Crippen molar-refractivity contribution in [3.05, 3.63) is 35.9 Å². The van der Waals surface area contributed by atoms with Gasteiger partial charge in [-0.15, -0.1) is 0 Å². The molecule has 100 valence electrons. The van der Waals surface area contributed by atoms with E-state index < -0.39 is 0 Å². The second kappa shape index (κ2) is 6.88. The van der Waals surface area contributed by atoms with Crippen LogP contribution in [0.3, 0.4) is 0 Å². The van der Waals surface area contributed by atoms with Gasteiger partial charge in [0.1, 0.15) is 0 Å². The lowest BCUT2D eigenvalue weighted by atomic mass is 10.2. The van der Waals surface area contributed by atoms with Crippen LogP contribution in [0.15, 0.2) is 30.3 Å². The van der Waals surface area contributed by atoms with Gasteiger partial charge in [-0.2, -0.15) is 0 Å². The van der Waals surface area contributed by atoms with Crippen LogP contribution in [-0.2, 0) is 6.54 Å². The zero-order valence-corrected chi connectivity index (χ0v) is 11.6. The minimum Gasteiger partial charge on any atom is -0.318 e. The first-order valence-electron chi connectivity index (χ1n) is 6.90. The summed E-state index contributed by atoms with van der Waals surface area (Å²) in [5, 5.41) is 3.31. The second-order valence-corrected chi connectivity index (χ2v) is 5.27. The van der Waals surface area contributed by atoms with E-state index in [0.29, 0.717) is 6.04 Å². The standard InChI is InChI=1S/C15H25N3/c1-16-11-15-13-18(10-6-9-17(15)2)12-14-7-4-3-5-8-14/h3-5,7-8,15-16H,6,9-13H2,1-2H3. The van der Waals surface area contributed by atoms with Crippen molar-refractivity contribution < 1.29 is 0 Å². The smallest absolute Gasteiger partial charge is 0.0344 e. The Bertz CT molecular complexity index is 339. The zero-order chi connectivity index (χ0) is 12.8. The van der Waals surface area contributed by atoms with E-state index >= 15 is 0 Å². The summed E-state index contributed by atoms with van der Waals surface area (Å²) in [6.07, 6.45) is 1.27. The molecule has 1 aliphatic rings. The normalized spacial score (nSPS) is 22.9. The molecule has 3 heteroatoms. The van der Waals surface area contributed by atoms with E-state index in [0.717, 1.165) is 19.6 Å². The van der Waals surface area contributed by atoms with Gasteiger partial charge in [0.15, 0.2) is 0 Å². The molecule has 0 aliphatic carbocycles. The molecule has 1 aliphatic heterocycles. The van der Waals surface area contributed by atoms with Gasteiger partial charge < -0.3 is 10.2 Å². The molecular formula is C15H25N3. The van der Waals surface area contributed by atoms with Crippen molar-refractivity contribution in [3.63, 3.8) is 0 Å². The van der Waals surface area contributed by atoms with Crippen molar-refractivity contribution in [2.24, 2.45) is 0 Å². The Morgan fingerprint density at radius 3 is 2.72 bits per heavy atom. The van der Waals surface area contributed by atoms with Crippen LogP contribution in [0, 0.1) is 0 Å². The topological polar surface area (TPSA) is 18.5 Å². The van der Waals surface area contributed by atoms with E-state index in [-0.39, 0.29) is 0 Å². The first kappa shape index (κ1) is 13.5. The van der Waals surface area contributed by atoms with Gasteiger partial charge in [0.25, 0.3) is 0 Å². The highest BCUT2D eigenvalue weighted by atomic mass is 15.2. The van der Waals surface area contributed by atoms with Crippen molar-refractivity contribution in [3.8, 4) is 0 Å². The first-order chi connectivity index (χ1) is 8.79. The quantitative estimate of drug-likeness (QED) is 0.868. The van der Waals surface area contributed by atoms with Crippen LogP contribution in [0.4, 0.5) is 0 Å². The molecule has 1 heterocycles. The minimum absolute atomic E-state index is 0.626. The van der Waals surface area contributed by atoms with Gasteiger partial charge in [0.2, 0.25) is 0 Å². The number of benzene rings is 1. The molecule has 0 amide bonds. The molecule has 2 rings (SSSR count).